The molecule has 0 radical (unpaired) electrons. The number of aryl methyl sites for hydroxylation is 1. The molecule has 124 valence electrons. The molecule has 0 bridgehead atoms. The largest absolute Gasteiger partial charge is 0.377 e. The fourth-order valence-corrected chi connectivity index (χ4v) is 5.61. The molecule has 24 heavy (non-hydrogen) atoms. The Morgan fingerprint density at radius 2 is 1.17 bits per heavy atom. The molecular weight excluding hydrogens is 377 g/mol. The average molecular weight is 400 g/mol. The van der Waals surface area contributed by atoms with Crippen LogP contribution in [0.1, 0.15) is 5.56 Å². The summed E-state index contributed by atoms with van der Waals surface area (Å²) in [6.07, 6.45) is 0. The van der Waals surface area contributed by atoms with E-state index in [-0.39, 0.29) is 17.0 Å². The second-order valence-electron chi connectivity index (χ2n) is 5.84. The maximum Gasteiger partial charge on any atom is 0.0475 e. The number of anilines is 1. The van der Waals surface area contributed by atoms with Crippen molar-refractivity contribution in [2.75, 3.05) is 19.0 Å². The highest BCUT2D eigenvalue weighted by Crippen LogP contribution is 2.37. The van der Waals surface area contributed by atoms with E-state index < -0.39 is 7.92 Å². The second-order valence-corrected chi connectivity index (χ2v) is 8.03. The topological polar surface area (TPSA) is 3.24 Å². The minimum atomic E-state index is -0.557. The predicted molar refractivity (Wildman–Crippen MR) is 115 cm³/mol. The molecule has 0 saturated heterocycles. The maximum absolute atomic E-state index is 2.29. The van der Waals surface area contributed by atoms with E-state index in [1.165, 1.54) is 27.2 Å². The van der Waals surface area contributed by atoms with Crippen LogP contribution in [0.2, 0.25) is 0 Å². The molecule has 0 N–H and O–H groups in total. The van der Waals surface area contributed by atoms with Gasteiger partial charge in [0.1, 0.15) is 0 Å². The van der Waals surface area contributed by atoms with Crippen LogP contribution < -0.4 is 20.8 Å². The Hall–Kier alpha value is -1.63. The summed E-state index contributed by atoms with van der Waals surface area (Å²) in [5.41, 5.74) is 2.66. The van der Waals surface area contributed by atoms with E-state index >= 15 is 0 Å². The van der Waals surface area contributed by atoms with Crippen molar-refractivity contribution in [1.82, 2.24) is 0 Å². The van der Waals surface area contributed by atoms with Gasteiger partial charge in [-0.3, -0.25) is 0 Å². The Labute approximate surface area is 156 Å². The summed E-state index contributed by atoms with van der Waals surface area (Å²) in [6.45, 7) is 2.20. The fraction of sp³-hybridized carbons (Fsp3) is 0.143. The molecule has 0 unspecified atom stereocenters. The highest BCUT2D eigenvalue weighted by atomic mass is 79.9. The van der Waals surface area contributed by atoms with Crippen LogP contribution in [0.3, 0.4) is 0 Å². The van der Waals surface area contributed by atoms with Gasteiger partial charge in [-0.25, -0.2) is 0 Å². The molecule has 1 nitrogen and oxygen atoms in total. The van der Waals surface area contributed by atoms with Crippen LogP contribution in [-0.2, 0) is 0 Å². The molecule has 0 aliphatic carbocycles. The number of benzene rings is 3. The Morgan fingerprint density at radius 1 is 0.667 bits per heavy atom. The molecular formula is C21H23BrNP. The highest BCUT2D eigenvalue weighted by molar-refractivity contribution is 8.93. The summed E-state index contributed by atoms with van der Waals surface area (Å²) in [4.78, 5) is 2.24. The lowest BCUT2D eigenvalue weighted by Crippen LogP contribution is -2.26. The van der Waals surface area contributed by atoms with Crippen LogP contribution in [0.4, 0.5) is 5.69 Å². The lowest BCUT2D eigenvalue weighted by atomic mass is 10.2. The molecule has 3 rings (SSSR count). The Kier molecular flexibility index (Phi) is 6.60. The van der Waals surface area contributed by atoms with E-state index in [0.717, 1.165) is 0 Å². The zero-order valence-corrected chi connectivity index (χ0v) is 16.9. The van der Waals surface area contributed by atoms with Crippen molar-refractivity contribution in [2.24, 2.45) is 0 Å². The quantitative estimate of drug-likeness (QED) is 0.587. The predicted octanol–water partition coefficient (Wildman–Crippen LogP) is 4.40. The van der Waals surface area contributed by atoms with Crippen molar-refractivity contribution in [3.05, 3.63) is 84.4 Å². The molecule has 0 aliphatic rings. The minimum absolute atomic E-state index is 0. The third kappa shape index (κ3) is 3.88. The molecule has 0 fully saturated rings. The van der Waals surface area contributed by atoms with Crippen molar-refractivity contribution in [1.29, 1.82) is 0 Å². The van der Waals surface area contributed by atoms with Crippen LogP contribution in [0.25, 0.3) is 0 Å². The molecule has 0 saturated carbocycles. The SMILES string of the molecule is Br.Cc1cccc(P(c2ccccc2)c2ccccc2)c1N(C)C. The van der Waals surface area contributed by atoms with Gasteiger partial charge in [0, 0.05) is 25.1 Å². The van der Waals surface area contributed by atoms with Gasteiger partial charge in [-0.1, -0.05) is 78.9 Å². The van der Waals surface area contributed by atoms with Crippen LogP contribution in [0.15, 0.2) is 78.9 Å². The standard InChI is InChI=1S/C21H22NP.BrH/c1-17-11-10-16-20(21(17)22(2)3)23(18-12-6-4-7-13-18)19-14-8-5-9-15-19;/h4-16H,1-3H3;1H. The van der Waals surface area contributed by atoms with Gasteiger partial charge in [0.15, 0.2) is 0 Å². The number of rotatable bonds is 4. The van der Waals surface area contributed by atoms with Crippen molar-refractivity contribution < 1.29 is 0 Å². The summed E-state index contributed by atoms with van der Waals surface area (Å²) in [5, 5.41) is 4.20. The smallest absolute Gasteiger partial charge is 0.0475 e. The maximum atomic E-state index is 2.29. The number of nitrogens with zero attached hydrogens (tertiary/aromatic N) is 1. The fourth-order valence-electron chi connectivity index (χ4n) is 2.99. The Morgan fingerprint density at radius 3 is 1.62 bits per heavy atom. The van der Waals surface area contributed by atoms with Crippen molar-refractivity contribution in [3.8, 4) is 0 Å². The van der Waals surface area contributed by atoms with E-state index in [2.05, 4.69) is 105 Å². The van der Waals surface area contributed by atoms with Crippen molar-refractivity contribution in [3.63, 3.8) is 0 Å². The van der Waals surface area contributed by atoms with Gasteiger partial charge in [-0.15, -0.1) is 17.0 Å². The number of hydrogen-bond acceptors (Lipinski definition) is 1. The van der Waals surface area contributed by atoms with Gasteiger partial charge in [0.05, 0.1) is 0 Å². The Bertz CT molecular complexity index is 733. The van der Waals surface area contributed by atoms with E-state index in [4.69, 9.17) is 0 Å². The number of hydrogen-bond donors (Lipinski definition) is 0. The zero-order chi connectivity index (χ0) is 16.2. The normalized spacial score (nSPS) is 10.3. The molecule has 0 spiro atoms. The first-order valence-corrected chi connectivity index (χ1v) is 9.20. The average Bonchev–Trinajstić information content (AvgIpc) is 2.57. The number of halogens is 1. The summed E-state index contributed by atoms with van der Waals surface area (Å²) in [5.74, 6) is 0. The summed E-state index contributed by atoms with van der Waals surface area (Å²) in [6, 6.07) is 28.4. The lowest BCUT2D eigenvalue weighted by molar-refractivity contribution is 1.12. The highest BCUT2D eigenvalue weighted by Gasteiger charge is 2.21. The lowest BCUT2D eigenvalue weighted by Gasteiger charge is -2.27. The molecule has 0 heterocycles. The van der Waals surface area contributed by atoms with E-state index in [0.29, 0.717) is 0 Å². The van der Waals surface area contributed by atoms with Crippen LogP contribution in [-0.4, -0.2) is 14.1 Å². The van der Waals surface area contributed by atoms with Crippen LogP contribution >= 0.6 is 24.9 Å². The first-order valence-electron chi connectivity index (χ1n) is 7.85. The van der Waals surface area contributed by atoms with Gasteiger partial charge in [-0.2, -0.15) is 0 Å². The molecule has 3 heteroatoms. The molecule has 0 amide bonds. The molecule has 0 aromatic heterocycles. The summed E-state index contributed by atoms with van der Waals surface area (Å²) >= 11 is 0. The van der Waals surface area contributed by atoms with Gasteiger partial charge in [-0.05, 0) is 31.0 Å². The minimum Gasteiger partial charge on any atom is -0.377 e. The van der Waals surface area contributed by atoms with Crippen LogP contribution in [0.5, 0.6) is 0 Å². The van der Waals surface area contributed by atoms with Gasteiger partial charge >= 0.3 is 0 Å². The van der Waals surface area contributed by atoms with Gasteiger partial charge in [0.25, 0.3) is 0 Å². The monoisotopic (exact) mass is 399 g/mol. The third-order valence-electron chi connectivity index (χ3n) is 3.93. The second kappa shape index (κ2) is 8.46. The van der Waals surface area contributed by atoms with E-state index in [1.54, 1.807) is 0 Å². The van der Waals surface area contributed by atoms with E-state index in [9.17, 15) is 0 Å². The van der Waals surface area contributed by atoms with Crippen molar-refractivity contribution >= 4 is 46.5 Å². The molecule has 0 atom stereocenters. The Balaban J connectivity index is 0.00000208. The molecule has 0 aliphatic heterocycles. The zero-order valence-electron chi connectivity index (χ0n) is 14.3. The molecule has 3 aromatic rings. The van der Waals surface area contributed by atoms with Gasteiger partial charge < -0.3 is 4.90 Å². The molecule has 3 aromatic carbocycles. The van der Waals surface area contributed by atoms with Gasteiger partial charge in [0.2, 0.25) is 0 Å². The number of para-hydroxylation sites is 1. The summed E-state index contributed by atoms with van der Waals surface area (Å²) in [7, 11) is 3.71. The van der Waals surface area contributed by atoms with E-state index in [1.807, 2.05) is 0 Å². The first-order chi connectivity index (χ1) is 11.2. The third-order valence-corrected chi connectivity index (χ3v) is 6.41. The first kappa shape index (κ1) is 18.7. The van der Waals surface area contributed by atoms with Crippen molar-refractivity contribution in [2.45, 2.75) is 6.92 Å². The van der Waals surface area contributed by atoms with Crippen LogP contribution in [0, 0.1) is 6.92 Å². The summed E-state index contributed by atoms with van der Waals surface area (Å²) < 4.78 is 0.